The topological polar surface area (TPSA) is 95.7 Å². The highest BCUT2D eigenvalue weighted by Crippen LogP contribution is 2.35. The lowest BCUT2D eigenvalue weighted by Gasteiger charge is -2.21. The molecule has 0 bridgehead atoms. The molecule has 8 heteroatoms. The Balaban J connectivity index is 0.00000154. The van der Waals surface area contributed by atoms with Gasteiger partial charge in [-0.3, -0.25) is 9.59 Å². The predicted molar refractivity (Wildman–Crippen MR) is 141 cm³/mol. The molecule has 0 aliphatic rings. The molecular formula is C28H37N3O5. The van der Waals surface area contributed by atoms with E-state index in [0.717, 1.165) is 26.3 Å². The maximum Gasteiger partial charge on any atom is 0.231 e. The minimum atomic E-state index is -0.399. The van der Waals surface area contributed by atoms with E-state index >= 15 is 0 Å². The number of ether oxygens (including phenoxy) is 2. The fraction of sp³-hybridized carbons (Fsp3) is 0.357. The van der Waals surface area contributed by atoms with Crippen LogP contribution in [0.4, 0.5) is 5.82 Å². The number of amides is 2. The summed E-state index contributed by atoms with van der Waals surface area (Å²) in [6, 6.07) is 12.7. The van der Waals surface area contributed by atoms with Gasteiger partial charge in [-0.25, -0.2) is 9.88 Å². The summed E-state index contributed by atoms with van der Waals surface area (Å²) in [5.41, 5.74) is 2.81. The number of methoxy groups -OCH3 is 2. The Labute approximate surface area is 214 Å². The van der Waals surface area contributed by atoms with Gasteiger partial charge in [0, 0.05) is 38.1 Å². The van der Waals surface area contributed by atoms with E-state index in [1.165, 1.54) is 26.2 Å². The van der Waals surface area contributed by atoms with E-state index in [9.17, 15) is 14.8 Å². The maximum atomic E-state index is 11.8. The van der Waals surface area contributed by atoms with E-state index < -0.39 is 11.8 Å². The molecule has 0 spiro atoms. The molecule has 2 heterocycles. The molecular weight excluding hydrogens is 458 g/mol. The van der Waals surface area contributed by atoms with Gasteiger partial charge in [0.05, 0.1) is 14.2 Å². The second-order valence-corrected chi connectivity index (χ2v) is 7.26. The van der Waals surface area contributed by atoms with Gasteiger partial charge < -0.3 is 14.7 Å². The van der Waals surface area contributed by atoms with Crippen molar-refractivity contribution in [3.05, 3.63) is 83.0 Å². The molecule has 0 saturated heterocycles. The van der Waals surface area contributed by atoms with Gasteiger partial charge in [0.1, 0.15) is 5.82 Å². The van der Waals surface area contributed by atoms with Gasteiger partial charge >= 0.3 is 0 Å². The van der Waals surface area contributed by atoms with Crippen molar-refractivity contribution in [2.75, 3.05) is 19.1 Å². The molecule has 0 aliphatic heterocycles. The zero-order valence-electron chi connectivity index (χ0n) is 22.4. The molecule has 2 amide bonds. The first kappa shape index (κ1) is 30.1. The normalized spacial score (nSPS) is 10.6. The van der Waals surface area contributed by atoms with E-state index in [-0.39, 0.29) is 11.7 Å². The first-order valence-electron chi connectivity index (χ1n) is 12.0. The summed E-state index contributed by atoms with van der Waals surface area (Å²) in [5.74, 6) is 0.571. The third kappa shape index (κ3) is 7.80. The van der Waals surface area contributed by atoms with E-state index in [2.05, 4.69) is 4.98 Å². The van der Waals surface area contributed by atoms with Gasteiger partial charge in [-0.05, 0) is 41.3 Å². The number of aromatic nitrogens is 2. The van der Waals surface area contributed by atoms with Crippen molar-refractivity contribution in [1.82, 2.24) is 4.98 Å². The molecule has 0 radical (unpaired) electrons. The van der Waals surface area contributed by atoms with Crippen LogP contribution in [-0.2, 0) is 16.0 Å². The fourth-order valence-electron chi connectivity index (χ4n) is 3.59. The van der Waals surface area contributed by atoms with Gasteiger partial charge in [-0.2, -0.15) is 4.73 Å². The first-order valence-corrected chi connectivity index (χ1v) is 12.0. The Bertz CT molecular complexity index is 1090. The second-order valence-electron chi connectivity index (χ2n) is 7.26. The summed E-state index contributed by atoms with van der Waals surface area (Å²) < 4.78 is 11.6. The van der Waals surface area contributed by atoms with E-state index in [1.807, 2.05) is 52.0 Å². The Morgan fingerprint density at radius 2 is 1.44 bits per heavy atom. The van der Waals surface area contributed by atoms with Crippen LogP contribution >= 0.6 is 0 Å². The SMILES string of the molecule is CC.CC.COc1ccc(C(Cc2cc[n+]([O-])cc2)c2ccc(N(C(C)=O)C(C)=O)nc2)cc1OC. The molecule has 3 aromatic rings. The molecule has 3 rings (SSSR count). The van der Waals surface area contributed by atoms with Crippen molar-refractivity contribution in [3.8, 4) is 11.5 Å². The maximum absolute atomic E-state index is 11.8. The van der Waals surface area contributed by atoms with Crippen LogP contribution in [0.3, 0.4) is 0 Å². The first-order chi connectivity index (χ1) is 17.3. The summed E-state index contributed by atoms with van der Waals surface area (Å²) in [6.45, 7) is 10.6. The van der Waals surface area contributed by atoms with Crippen molar-refractivity contribution in [3.63, 3.8) is 0 Å². The summed E-state index contributed by atoms with van der Waals surface area (Å²) in [5, 5.41) is 11.4. The number of nitrogens with zero attached hydrogens (tertiary/aromatic N) is 3. The molecule has 36 heavy (non-hydrogen) atoms. The van der Waals surface area contributed by atoms with Gasteiger partial charge in [0.15, 0.2) is 23.9 Å². The Morgan fingerprint density at radius 3 is 1.92 bits per heavy atom. The lowest BCUT2D eigenvalue weighted by atomic mass is 9.86. The zero-order valence-corrected chi connectivity index (χ0v) is 22.4. The second kappa shape index (κ2) is 15.1. The van der Waals surface area contributed by atoms with Gasteiger partial charge in [0.25, 0.3) is 0 Å². The fourth-order valence-corrected chi connectivity index (χ4v) is 3.59. The molecule has 0 N–H and O–H groups in total. The number of pyridine rings is 2. The molecule has 8 nitrogen and oxygen atoms in total. The molecule has 1 aromatic carbocycles. The van der Waals surface area contributed by atoms with E-state index in [1.54, 1.807) is 38.6 Å². The van der Waals surface area contributed by atoms with Crippen LogP contribution in [-0.4, -0.2) is 31.0 Å². The molecule has 194 valence electrons. The average Bonchev–Trinajstić information content (AvgIpc) is 2.90. The molecule has 0 aliphatic carbocycles. The largest absolute Gasteiger partial charge is 0.619 e. The van der Waals surface area contributed by atoms with Crippen molar-refractivity contribution in [1.29, 1.82) is 0 Å². The molecule has 0 fully saturated rings. The van der Waals surface area contributed by atoms with Crippen LogP contribution in [0.2, 0.25) is 0 Å². The molecule has 0 saturated carbocycles. The lowest BCUT2D eigenvalue weighted by molar-refractivity contribution is -0.605. The van der Waals surface area contributed by atoms with Gasteiger partial charge in [0.2, 0.25) is 11.8 Å². The molecule has 1 atom stereocenters. The Hall–Kier alpha value is -3.94. The minimum absolute atomic E-state index is 0.123. The molecule has 1 unspecified atom stereocenters. The predicted octanol–water partition coefficient (Wildman–Crippen LogP) is 5.06. The van der Waals surface area contributed by atoms with Crippen LogP contribution in [0.15, 0.2) is 61.1 Å². The smallest absolute Gasteiger partial charge is 0.231 e. The number of hydrogen-bond acceptors (Lipinski definition) is 6. The van der Waals surface area contributed by atoms with Crippen molar-refractivity contribution in [2.45, 2.75) is 53.9 Å². The van der Waals surface area contributed by atoms with Gasteiger partial charge in [-0.15, -0.1) is 0 Å². The summed E-state index contributed by atoms with van der Waals surface area (Å²) >= 11 is 0. The van der Waals surface area contributed by atoms with Crippen molar-refractivity contribution in [2.24, 2.45) is 0 Å². The highest BCUT2D eigenvalue weighted by Gasteiger charge is 2.21. The van der Waals surface area contributed by atoms with Crippen LogP contribution in [0.25, 0.3) is 0 Å². The summed E-state index contributed by atoms with van der Waals surface area (Å²) in [4.78, 5) is 29.1. The number of carbonyl (C=O) groups is 2. The number of anilines is 1. The third-order valence-electron chi connectivity index (χ3n) is 5.15. The summed E-state index contributed by atoms with van der Waals surface area (Å²) in [7, 11) is 3.16. The van der Waals surface area contributed by atoms with Crippen LogP contribution < -0.4 is 19.1 Å². The van der Waals surface area contributed by atoms with Crippen molar-refractivity contribution >= 4 is 17.6 Å². The number of imide groups is 1. The molecule has 2 aromatic heterocycles. The quantitative estimate of drug-likeness (QED) is 0.336. The van der Waals surface area contributed by atoms with E-state index in [0.29, 0.717) is 17.9 Å². The number of rotatable bonds is 7. The average molecular weight is 496 g/mol. The van der Waals surface area contributed by atoms with Crippen LogP contribution in [0, 0.1) is 5.21 Å². The number of hydrogen-bond donors (Lipinski definition) is 0. The number of carbonyl (C=O) groups excluding carboxylic acids is 2. The lowest BCUT2D eigenvalue weighted by Crippen LogP contribution is -2.33. The number of benzene rings is 1. The van der Waals surface area contributed by atoms with Crippen LogP contribution in [0.5, 0.6) is 11.5 Å². The minimum Gasteiger partial charge on any atom is -0.619 e. The summed E-state index contributed by atoms with van der Waals surface area (Å²) in [6.07, 6.45) is 5.17. The highest BCUT2D eigenvalue weighted by molar-refractivity contribution is 6.12. The Morgan fingerprint density at radius 1 is 0.889 bits per heavy atom. The van der Waals surface area contributed by atoms with E-state index in [4.69, 9.17) is 9.47 Å². The van der Waals surface area contributed by atoms with Crippen molar-refractivity contribution < 1.29 is 23.8 Å². The third-order valence-corrected chi connectivity index (χ3v) is 5.15. The monoisotopic (exact) mass is 495 g/mol. The standard InChI is InChI=1S/C24H25N3O5.2C2H6/c1-16(28)27(17(2)29)24-8-6-20(15-25-24)21(13-18-9-11-26(30)12-10-18)19-5-7-22(31-3)23(14-19)32-4;2*1-2/h5-12,14-15,21H,13H2,1-4H3;2*1-2H3. The Kier molecular flexibility index (Phi) is 12.7. The highest BCUT2D eigenvalue weighted by atomic mass is 16.5. The van der Waals surface area contributed by atoms with Crippen LogP contribution in [0.1, 0.15) is 64.2 Å². The van der Waals surface area contributed by atoms with Gasteiger partial charge in [-0.1, -0.05) is 39.8 Å². The zero-order chi connectivity index (χ0) is 27.3.